The number of hydrogen-bond donors (Lipinski definition) is 2. The third-order valence-electron chi connectivity index (χ3n) is 3.88. The van der Waals surface area contributed by atoms with Crippen LogP contribution in [0.15, 0.2) is 35.1 Å². The summed E-state index contributed by atoms with van der Waals surface area (Å²) in [5, 5.41) is 15.5. The third-order valence-corrected chi connectivity index (χ3v) is 3.88. The number of pyridine rings is 1. The van der Waals surface area contributed by atoms with Gasteiger partial charge < -0.3 is 14.9 Å². The van der Waals surface area contributed by atoms with Crippen molar-refractivity contribution in [3.8, 4) is 11.3 Å². The van der Waals surface area contributed by atoms with Crippen molar-refractivity contribution in [2.45, 2.75) is 32.7 Å². The van der Waals surface area contributed by atoms with Crippen molar-refractivity contribution in [2.75, 3.05) is 0 Å². The van der Waals surface area contributed by atoms with Crippen molar-refractivity contribution in [1.29, 1.82) is 0 Å². The van der Waals surface area contributed by atoms with Crippen LogP contribution in [0.2, 0.25) is 0 Å². The maximum atomic E-state index is 12.3. The van der Waals surface area contributed by atoms with Crippen LogP contribution in [0.4, 0.5) is 0 Å². The molecule has 0 aromatic carbocycles. The highest BCUT2D eigenvalue weighted by Crippen LogP contribution is 2.23. The van der Waals surface area contributed by atoms with Gasteiger partial charge in [-0.2, -0.15) is 0 Å². The molecular weight excluding hydrogens is 298 g/mol. The molecule has 2 aromatic rings. The summed E-state index contributed by atoms with van der Waals surface area (Å²) < 4.78 is 5.16. The molecular formula is C16H19N3O4. The normalized spacial score (nSPS) is 13.6. The van der Waals surface area contributed by atoms with Crippen molar-refractivity contribution >= 4 is 11.9 Å². The minimum atomic E-state index is -0.974. The van der Waals surface area contributed by atoms with E-state index in [-0.39, 0.29) is 18.0 Å². The second-order valence-corrected chi connectivity index (χ2v) is 5.91. The Morgan fingerprint density at radius 2 is 2.17 bits per heavy atom. The molecule has 0 aliphatic carbocycles. The molecule has 0 radical (unpaired) electrons. The third kappa shape index (κ3) is 3.94. The Balaban J connectivity index is 2.17. The maximum absolute atomic E-state index is 12.3. The summed E-state index contributed by atoms with van der Waals surface area (Å²) in [6.07, 6.45) is 3.06. The van der Waals surface area contributed by atoms with E-state index >= 15 is 0 Å². The van der Waals surface area contributed by atoms with Gasteiger partial charge in [0, 0.05) is 24.0 Å². The van der Waals surface area contributed by atoms with E-state index in [1.54, 1.807) is 31.5 Å². The summed E-state index contributed by atoms with van der Waals surface area (Å²) in [5.41, 5.74) is -0.0756. The second kappa shape index (κ2) is 6.60. The van der Waals surface area contributed by atoms with E-state index in [0.29, 0.717) is 11.3 Å². The van der Waals surface area contributed by atoms with E-state index in [9.17, 15) is 9.59 Å². The number of carbonyl (C=O) groups excluding carboxylic acids is 1. The van der Waals surface area contributed by atoms with Gasteiger partial charge >= 0.3 is 5.97 Å². The fraction of sp³-hybridized carbons (Fsp3) is 0.375. The number of hydrogen-bond acceptors (Lipinski definition) is 5. The molecule has 0 fully saturated rings. The molecule has 1 unspecified atom stereocenters. The molecule has 2 heterocycles. The van der Waals surface area contributed by atoms with Crippen LogP contribution >= 0.6 is 0 Å². The van der Waals surface area contributed by atoms with Gasteiger partial charge in [0.25, 0.3) is 5.91 Å². The molecule has 0 aliphatic heterocycles. The van der Waals surface area contributed by atoms with Crippen LogP contribution < -0.4 is 5.32 Å². The van der Waals surface area contributed by atoms with Gasteiger partial charge in [-0.1, -0.05) is 19.0 Å². The van der Waals surface area contributed by atoms with Crippen molar-refractivity contribution in [1.82, 2.24) is 15.5 Å². The fourth-order valence-corrected chi connectivity index (χ4v) is 2.06. The standard InChI is InChI=1S/C16H19N3O4/c1-10(2)16(3,8-14(20)21)18-15(22)12-7-13(23-19-12)11-5-4-6-17-9-11/h4-7,9-10H,8H2,1-3H3,(H,18,22)(H,20,21). The second-order valence-electron chi connectivity index (χ2n) is 5.91. The molecule has 7 heteroatoms. The van der Waals surface area contributed by atoms with Crippen LogP contribution in [-0.4, -0.2) is 32.7 Å². The summed E-state index contributed by atoms with van der Waals surface area (Å²) in [6, 6.07) is 5.05. The summed E-state index contributed by atoms with van der Waals surface area (Å²) in [5.74, 6) is -1.08. The molecule has 0 spiro atoms. The molecule has 1 atom stereocenters. The highest BCUT2D eigenvalue weighted by atomic mass is 16.5. The van der Waals surface area contributed by atoms with E-state index in [1.165, 1.54) is 6.07 Å². The molecule has 0 aliphatic rings. The molecule has 122 valence electrons. The Bertz CT molecular complexity index is 696. The summed E-state index contributed by atoms with van der Waals surface area (Å²) in [6.45, 7) is 5.41. The lowest BCUT2D eigenvalue weighted by atomic mass is 9.85. The van der Waals surface area contributed by atoms with Crippen LogP contribution in [0.25, 0.3) is 11.3 Å². The highest BCUT2D eigenvalue weighted by molar-refractivity contribution is 5.93. The van der Waals surface area contributed by atoms with E-state index in [4.69, 9.17) is 9.63 Å². The minimum absolute atomic E-state index is 0.0627. The van der Waals surface area contributed by atoms with Gasteiger partial charge in [0.15, 0.2) is 11.5 Å². The van der Waals surface area contributed by atoms with Crippen LogP contribution in [0.1, 0.15) is 37.7 Å². The van der Waals surface area contributed by atoms with Crippen molar-refractivity contribution < 1.29 is 19.2 Å². The maximum Gasteiger partial charge on any atom is 0.305 e. The molecule has 23 heavy (non-hydrogen) atoms. The molecule has 2 rings (SSSR count). The lowest BCUT2D eigenvalue weighted by Gasteiger charge is -2.33. The zero-order chi connectivity index (χ0) is 17.0. The average Bonchev–Trinajstić information content (AvgIpc) is 2.97. The molecule has 0 saturated heterocycles. The first kappa shape index (κ1) is 16.7. The summed E-state index contributed by atoms with van der Waals surface area (Å²) in [4.78, 5) is 27.4. The number of nitrogens with one attached hydrogen (secondary N) is 1. The lowest BCUT2D eigenvalue weighted by Crippen LogP contribution is -2.51. The smallest absolute Gasteiger partial charge is 0.305 e. The van der Waals surface area contributed by atoms with Crippen LogP contribution in [0.5, 0.6) is 0 Å². The zero-order valence-electron chi connectivity index (χ0n) is 13.2. The van der Waals surface area contributed by atoms with Gasteiger partial charge in [-0.25, -0.2) is 0 Å². The van der Waals surface area contributed by atoms with E-state index in [1.807, 2.05) is 13.8 Å². The fourth-order valence-electron chi connectivity index (χ4n) is 2.06. The Labute approximate surface area is 133 Å². The number of carbonyl (C=O) groups is 2. The first-order valence-electron chi connectivity index (χ1n) is 7.23. The quantitative estimate of drug-likeness (QED) is 0.847. The minimum Gasteiger partial charge on any atom is -0.481 e. The Morgan fingerprint density at radius 1 is 1.43 bits per heavy atom. The highest BCUT2D eigenvalue weighted by Gasteiger charge is 2.33. The molecule has 2 aromatic heterocycles. The first-order chi connectivity index (χ1) is 10.8. The Hall–Kier alpha value is -2.70. The Kier molecular flexibility index (Phi) is 4.78. The Morgan fingerprint density at radius 3 is 2.74 bits per heavy atom. The van der Waals surface area contributed by atoms with Gasteiger partial charge in [-0.05, 0) is 25.0 Å². The van der Waals surface area contributed by atoms with Crippen LogP contribution in [0, 0.1) is 5.92 Å². The SMILES string of the molecule is CC(C)C(C)(CC(=O)O)NC(=O)c1cc(-c2cccnc2)on1. The summed E-state index contributed by atoms with van der Waals surface area (Å²) >= 11 is 0. The van der Waals surface area contributed by atoms with Crippen molar-refractivity contribution in [2.24, 2.45) is 5.92 Å². The molecule has 2 N–H and O–H groups in total. The predicted molar refractivity (Wildman–Crippen MR) is 82.7 cm³/mol. The first-order valence-corrected chi connectivity index (χ1v) is 7.23. The van der Waals surface area contributed by atoms with Crippen molar-refractivity contribution in [3.05, 3.63) is 36.3 Å². The monoisotopic (exact) mass is 317 g/mol. The number of carboxylic acids is 1. The predicted octanol–water partition coefficient (Wildman–Crippen LogP) is 2.36. The van der Waals surface area contributed by atoms with Gasteiger partial charge in [-0.15, -0.1) is 0 Å². The largest absolute Gasteiger partial charge is 0.481 e. The molecule has 0 bridgehead atoms. The number of nitrogens with zero attached hydrogens (tertiary/aromatic N) is 2. The van der Waals surface area contributed by atoms with Crippen molar-refractivity contribution in [3.63, 3.8) is 0 Å². The van der Waals surface area contributed by atoms with Gasteiger partial charge in [-0.3, -0.25) is 14.6 Å². The molecule has 7 nitrogen and oxygen atoms in total. The average molecular weight is 317 g/mol. The number of amides is 1. The molecule has 0 saturated carbocycles. The van der Waals surface area contributed by atoms with E-state index < -0.39 is 17.4 Å². The number of rotatable bonds is 6. The number of carboxylic acid groups (broad SMARTS) is 1. The zero-order valence-corrected chi connectivity index (χ0v) is 13.2. The van der Waals surface area contributed by atoms with Gasteiger partial charge in [0.05, 0.1) is 12.0 Å². The van der Waals surface area contributed by atoms with Crippen LogP contribution in [0.3, 0.4) is 0 Å². The number of aliphatic carboxylic acids is 1. The molecule has 1 amide bonds. The summed E-state index contributed by atoms with van der Waals surface area (Å²) in [7, 11) is 0. The van der Waals surface area contributed by atoms with Gasteiger partial charge in [0.1, 0.15) is 0 Å². The lowest BCUT2D eigenvalue weighted by molar-refractivity contribution is -0.138. The topological polar surface area (TPSA) is 105 Å². The van der Waals surface area contributed by atoms with Gasteiger partial charge in [0.2, 0.25) is 0 Å². The number of aromatic nitrogens is 2. The van der Waals surface area contributed by atoms with E-state index in [0.717, 1.165) is 0 Å². The van der Waals surface area contributed by atoms with E-state index in [2.05, 4.69) is 15.5 Å². The van der Waals surface area contributed by atoms with Crippen LogP contribution in [-0.2, 0) is 4.79 Å².